The van der Waals surface area contributed by atoms with E-state index < -0.39 is 0 Å². The monoisotopic (exact) mass is 240 g/mol. The van der Waals surface area contributed by atoms with Gasteiger partial charge in [-0.25, -0.2) is 0 Å². The number of ether oxygens (including phenoxy) is 2. The van der Waals surface area contributed by atoms with E-state index >= 15 is 0 Å². The molecule has 0 aliphatic carbocycles. The third-order valence-corrected chi connectivity index (χ3v) is 3.50. The highest BCUT2D eigenvalue weighted by molar-refractivity contribution is 7.99. The van der Waals surface area contributed by atoms with Gasteiger partial charge in [-0.3, -0.25) is 0 Å². The van der Waals surface area contributed by atoms with Crippen LogP contribution >= 0.6 is 11.8 Å². The standard InChI is InChI=1S/C13H20O2S/c1-4-5-6-9-16-13-10-11(14-2)7-8-12(13)15-3/h7-8,10H,4-6,9H2,1-3H3. The van der Waals surface area contributed by atoms with Gasteiger partial charge in [0.2, 0.25) is 0 Å². The molecule has 1 rings (SSSR count). The van der Waals surface area contributed by atoms with Crippen LogP contribution in [0.2, 0.25) is 0 Å². The van der Waals surface area contributed by atoms with Gasteiger partial charge < -0.3 is 9.47 Å². The minimum atomic E-state index is 0.888. The van der Waals surface area contributed by atoms with Crippen LogP contribution in [0.5, 0.6) is 11.5 Å². The average Bonchev–Trinajstić information content (AvgIpc) is 2.34. The number of unbranched alkanes of at least 4 members (excludes halogenated alkanes) is 2. The molecule has 0 fully saturated rings. The van der Waals surface area contributed by atoms with E-state index in [4.69, 9.17) is 9.47 Å². The van der Waals surface area contributed by atoms with Crippen molar-refractivity contribution in [3.05, 3.63) is 18.2 Å². The molecule has 16 heavy (non-hydrogen) atoms. The second-order valence-electron chi connectivity index (χ2n) is 3.57. The summed E-state index contributed by atoms with van der Waals surface area (Å²) in [5, 5.41) is 0. The van der Waals surface area contributed by atoms with E-state index in [-0.39, 0.29) is 0 Å². The van der Waals surface area contributed by atoms with Crippen molar-refractivity contribution in [3.8, 4) is 11.5 Å². The number of thioether (sulfide) groups is 1. The molecule has 0 unspecified atom stereocenters. The molecule has 0 aliphatic rings. The van der Waals surface area contributed by atoms with Gasteiger partial charge in [0.05, 0.1) is 19.1 Å². The maximum Gasteiger partial charge on any atom is 0.132 e. The minimum absolute atomic E-state index is 0.888. The summed E-state index contributed by atoms with van der Waals surface area (Å²) >= 11 is 1.84. The van der Waals surface area contributed by atoms with E-state index in [1.165, 1.54) is 19.3 Å². The van der Waals surface area contributed by atoms with Gasteiger partial charge in [-0.05, 0) is 30.4 Å². The van der Waals surface area contributed by atoms with E-state index in [9.17, 15) is 0 Å². The molecule has 0 aliphatic heterocycles. The van der Waals surface area contributed by atoms with E-state index in [0.29, 0.717) is 0 Å². The maximum absolute atomic E-state index is 5.33. The van der Waals surface area contributed by atoms with Crippen LogP contribution < -0.4 is 9.47 Å². The first-order valence-corrected chi connectivity index (χ1v) is 6.65. The second-order valence-corrected chi connectivity index (χ2v) is 4.71. The van der Waals surface area contributed by atoms with Crippen LogP contribution in [0.4, 0.5) is 0 Å². The van der Waals surface area contributed by atoms with Crippen LogP contribution in [0, 0.1) is 0 Å². The number of hydrogen-bond donors (Lipinski definition) is 0. The van der Waals surface area contributed by atoms with Crippen LogP contribution in [-0.4, -0.2) is 20.0 Å². The zero-order chi connectivity index (χ0) is 11.8. The van der Waals surface area contributed by atoms with Crippen LogP contribution in [-0.2, 0) is 0 Å². The molecule has 0 heterocycles. The summed E-state index contributed by atoms with van der Waals surface area (Å²) in [7, 11) is 3.39. The normalized spacial score (nSPS) is 10.2. The zero-order valence-corrected chi connectivity index (χ0v) is 11.1. The Morgan fingerprint density at radius 2 is 1.94 bits per heavy atom. The third kappa shape index (κ3) is 3.97. The summed E-state index contributed by atoms with van der Waals surface area (Å²) in [5.74, 6) is 2.96. The molecular weight excluding hydrogens is 220 g/mol. The SMILES string of the molecule is CCCCCSc1cc(OC)ccc1OC. The van der Waals surface area contributed by atoms with Gasteiger partial charge in [-0.2, -0.15) is 0 Å². The van der Waals surface area contributed by atoms with E-state index in [2.05, 4.69) is 6.92 Å². The summed E-state index contributed by atoms with van der Waals surface area (Å²) < 4.78 is 10.5. The van der Waals surface area contributed by atoms with Crippen molar-refractivity contribution in [2.24, 2.45) is 0 Å². The fourth-order valence-corrected chi connectivity index (χ4v) is 2.49. The van der Waals surface area contributed by atoms with E-state index in [1.54, 1.807) is 14.2 Å². The van der Waals surface area contributed by atoms with Crippen molar-refractivity contribution in [3.63, 3.8) is 0 Å². The molecular formula is C13H20O2S. The summed E-state index contributed by atoms with van der Waals surface area (Å²) in [6.07, 6.45) is 3.80. The highest BCUT2D eigenvalue weighted by Crippen LogP contribution is 2.33. The lowest BCUT2D eigenvalue weighted by molar-refractivity contribution is 0.394. The fourth-order valence-electron chi connectivity index (χ4n) is 1.43. The topological polar surface area (TPSA) is 18.5 Å². The van der Waals surface area contributed by atoms with Gasteiger partial charge in [-0.1, -0.05) is 19.8 Å². The Morgan fingerprint density at radius 1 is 1.12 bits per heavy atom. The van der Waals surface area contributed by atoms with Crippen LogP contribution in [0.25, 0.3) is 0 Å². The second kappa shape index (κ2) is 7.44. The lowest BCUT2D eigenvalue weighted by Crippen LogP contribution is -1.90. The summed E-state index contributed by atoms with van der Waals surface area (Å²) in [4.78, 5) is 1.16. The highest BCUT2D eigenvalue weighted by atomic mass is 32.2. The molecule has 0 bridgehead atoms. The first kappa shape index (κ1) is 13.2. The summed E-state index contributed by atoms with van der Waals surface area (Å²) in [5.41, 5.74) is 0. The number of rotatable bonds is 7. The van der Waals surface area contributed by atoms with E-state index in [1.807, 2.05) is 30.0 Å². The molecule has 3 heteroatoms. The van der Waals surface area contributed by atoms with Gasteiger partial charge in [-0.15, -0.1) is 11.8 Å². The lowest BCUT2D eigenvalue weighted by atomic mass is 10.3. The molecule has 0 atom stereocenters. The summed E-state index contributed by atoms with van der Waals surface area (Å²) in [6, 6.07) is 5.92. The molecule has 0 amide bonds. The van der Waals surface area contributed by atoms with Gasteiger partial charge >= 0.3 is 0 Å². The predicted molar refractivity (Wildman–Crippen MR) is 69.8 cm³/mol. The van der Waals surface area contributed by atoms with Crippen molar-refractivity contribution in [1.29, 1.82) is 0 Å². The Labute approximate surface area is 102 Å². The molecule has 1 aromatic rings. The van der Waals surface area contributed by atoms with Crippen LogP contribution in [0.1, 0.15) is 26.2 Å². The number of methoxy groups -OCH3 is 2. The van der Waals surface area contributed by atoms with Crippen molar-refractivity contribution >= 4 is 11.8 Å². The van der Waals surface area contributed by atoms with E-state index in [0.717, 1.165) is 22.1 Å². The van der Waals surface area contributed by atoms with Crippen molar-refractivity contribution in [1.82, 2.24) is 0 Å². The minimum Gasteiger partial charge on any atom is -0.497 e. The molecule has 90 valence electrons. The molecule has 0 N–H and O–H groups in total. The molecule has 0 saturated heterocycles. The summed E-state index contributed by atoms with van der Waals surface area (Å²) in [6.45, 7) is 2.22. The maximum atomic E-state index is 5.33. The third-order valence-electron chi connectivity index (χ3n) is 2.38. The van der Waals surface area contributed by atoms with Crippen molar-refractivity contribution in [2.45, 2.75) is 31.1 Å². The quantitative estimate of drug-likeness (QED) is 0.530. The number of hydrogen-bond acceptors (Lipinski definition) is 3. The molecule has 1 aromatic carbocycles. The highest BCUT2D eigenvalue weighted by Gasteiger charge is 2.05. The Hall–Kier alpha value is -0.830. The molecule has 0 aromatic heterocycles. The van der Waals surface area contributed by atoms with Crippen molar-refractivity contribution < 1.29 is 9.47 Å². The zero-order valence-electron chi connectivity index (χ0n) is 10.3. The Balaban J connectivity index is 2.60. The van der Waals surface area contributed by atoms with Gasteiger partial charge in [0.1, 0.15) is 11.5 Å². The van der Waals surface area contributed by atoms with Crippen LogP contribution in [0.15, 0.2) is 23.1 Å². The lowest BCUT2D eigenvalue weighted by Gasteiger charge is -2.09. The Kier molecular flexibility index (Phi) is 6.16. The smallest absolute Gasteiger partial charge is 0.132 e. The fraction of sp³-hybridized carbons (Fsp3) is 0.538. The Morgan fingerprint density at radius 3 is 2.56 bits per heavy atom. The first-order chi connectivity index (χ1) is 7.81. The molecule has 0 radical (unpaired) electrons. The average molecular weight is 240 g/mol. The van der Waals surface area contributed by atoms with Gasteiger partial charge in [0.25, 0.3) is 0 Å². The largest absolute Gasteiger partial charge is 0.497 e. The van der Waals surface area contributed by atoms with Crippen molar-refractivity contribution in [2.75, 3.05) is 20.0 Å². The molecule has 0 saturated carbocycles. The molecule has 2 nitrogen and oxygen atoms in total. The predicted octanol–water partition coefficient (Wildman–Crippen LogP) is 3.99. The van der Waals surface area contributed by atoms with Crippen LogP contribution in [0.3, 0.4) is 0 Å². The molecule has 0 spiro atoms. The number of benzene rings is 1. The van der Waals surface area contributed by atoms with Gasteiger partial charge in [0.15, 0.2) is 0 Å². The Bertz CT molecular complexity index is 313. The first-order valence-electron chi connectivity index (χ1n) is 5.66. The van der Waals surface area contributed by atoms with Gasteiger partial charge in [0, 0.05) is 0 Å².